The van der Waals surface area contributed by atoms with Crippen LogP contribution in [0.2, 0.25) is 0 Å². The maximum Gasteiger partial charge on any atom is 0.261 e. The summed E-state index contributed by atoms with van der Waals surface area (Å²) in [6.45, 7) is 5.88. The van der Waals surface area contributed by atoms with E-state index in [-0.39, 0.29) is 24.5 Å². The van der Waals surface area contributed by atoms with Gasteiger partial charge < -0.3 is 15.0 Å². The van der Waals surface area contributed by atoms with Crippen LogP contribution in [-0.2, 0) is 16.1 Å². The van der Waals surface area contributed by atoms with Crippen molar-refractivity contribution in [3.63, 3.8) is 0 Å². The molecular weight excluding hydrogens is 468 g/mol. The van der Waals surface area contributed by atoms with Crippen LogP contribution in [0.25, 0.3) is 10.8 Å². The third-order valence-corrected chi connectivity index (χ3v) is 6.00. The van der Waals surface area contributed by atoms with E-state index in [9.17, 15) is 9.59 Å². The summed E-state index contributed by atoms with van der Waals surface area (Å²) >= 11 is 3.47. The fourth-order valence-electron chi connectivity index (χ4n) is 3.42. The summed E-state index contributed by atoms with van der Waals surface area (Å²) in [6, 6.07) is 20.8. The van der Waals surface area contributed by atoms with E-state index >= 15 is 0 Å². The van der Waals surface area contributed by atoms with Gasteiger partial charge >= 0.3 is 0 Å². The average Bonchev–Trinajstić information content (AvgIpc) is 2.80. The highest BCUT2D eigenvalue weighted by Gasteiger charge is 2.27. The predicted octanol–water partition coefficient (Wildman–Crippen LogP) is 5.31. The number of fused-ring (bicyclic) bond motifs is 1. The number of benzene rings is 3. The summed E-state index contributed by atoms with van der Waals surface area (Å²) in [6.07, 6.45) is 0.822. The molecule has 3 aromatic carbocycles. The molecule has 0 heterocycles. The molecule has 0 aliphatic heterocycles. The molecule has 0 saturated heterocycles. The first kappa shape index (κ1) is 23.8. The number of rotatable bonds is 9. The SMILES string of the molecule is CC[C@H](C)NC(=O)[C@@H](C)N(Cc1cccc(Br)c1)C(=O)COc1cccc2ccccc12. The molecule has 168 valence electrons. The maximum absolute atomic E-state index is 13.3. The lowest BCUT2D eigenvalue weighted by molar-refractivity contribution is -0.142. The quantitative estimate of drug-likeness (QED) is 0.436. The molecule has 5 nitrogen and oxygen atoms in total. The zero-order valence-electron chi connectivity index (χ0n) is 18.7. The number of carbonyl (C=O) groups is 2. The Labute approximate surface area is 197 Å². The molecule has 0 bridgehead atoms. The lowest BCUT2D eigenvalue weighted by Crippen LogP contribution is -2.50. The van der Waals surface area contributed by atoms with Crippen LogP contribution in [0, 0.1) is 0 Å². The number of ether oxygens (including phenoxy) is 1. The monoisotopic (exact) mass is 496 g/mol. The normalized spacial score (nSPS) is 12.8. The van der Waals surface area contributed by atoms with Crippen molar-refractivity contribution in [3.05, 3.63) is 76.8 Å². The van der Waals surface area contributed by atoms with E-state index in [1.165, 1.54) is 0 Å². The number of halogens is 1. The fraction of sp³-hybridized carbons (Fsp3) is 0.308. The van der Waals surface area contributed by atoms with Crippen molar-refractivity contribution in [3.8, 4) is 5.75 Å². The molecule has 0 radical (unpaired) electrons. The van der Waals surface area contributed by atoms with E-state index in [2.05, 4.69) is 21.2 Å². The number of hydrogen-bond donors (Lipinski definition) is 1. The van der Waals surface area contributed by atoms with Crippen LogP contribution < -0.4 is 10.1 Å². The standard InChI is InChI=1S/C26H29BrN2O3/c1-4-18(2)28-26(31)19(3)29(16-20-9-7-12-22(27)15-20)25(30)17-32-24-14-8-11-21-10-5-6-13-23(21)24/h5-15,18-19H,4,16-17H2,1-3H3,(H,28,31)/t18-,19+/m0/s1. The summed E-state index contributed by atoms with van der Waals surface area (Å²) in [7, 11) is 0. The minimum absolute atomic E-state index is 0.0414. The number of carbonyl (C=O) groups excluding carboxylic acids is 2. The topological polar surface area (TPSA) is 58.6 Å². The molecule has 0 aromatic heterocycles. The molecule has 0 aliphatic rings. The van der Waals surface area contributed by atoms with Gasteiger partial charge in [-0.15, -0.1) is 0 Å². The van der Waals surface area contributed by atoms with Crippen molar-refractivity contribution in [1.29, 1.82) is 0 Å². The summed E-state index contributed by atoms with van der Waals surface area (Å²) in [4.78, 5) is 27.6. The lowest BCUT2D eigenvalue weighted by Gasteiger charge is -2.29. The smallest absolute Gasteiger partial charge is 0.261 e. The highest BCUT2D eigenvalue weighted by Crippen LogP contribution is 2.25. The fourth-order valence-corrected chi connectivity index (χ4v) is 3.87. The highest BCUT2D eigenvalue weighted by molar-refractivity contribution is 9.10. The van der Waals surface area contributed by atoms with Crippen molar-refractivity contribution < 1.29 is 14.3 Å². The molecular formula is C26H29BrN2O3. The zero-order valence-corrected chi connectivity index (χ0v) is 20.3. The molecule has 0 fully saturated rings. The van der Waals surface area contributed by atoms with Gasteiger partial charge in [0, 0.05) is 22.4 Å². The van der Waals surface area contributed by atoms with E-state index < -0.39 is 6.04 Å². The first-order chi connectivity index (χ1) is 15.4. The van der Waals surface area contributed by atoms with Gasteiger partial charge in [-0.3, -0.25) is 9.59 Å². The van der Waals surface area contributed by atoms with Crippen LogP contribution >= 0.6 is 15.9 Å². The van der Waals surface area contributed by atoms with Gasteiger partial charge in [-0.2, -0.15) is 0 Å². The molecule has 0 spiro atoms. The Morgan fingerprint density at radius 1 is 1.03 bits per heavy atom. The van der Waals surface area contributed by atoms with Gasteiger partial charge in [-0.1, -0.05) is 71.4 Å². The number of nitrogens with one attached hydrogen (secondary N) is 1. The Balaban J connectivity index is 1.79. The van der Waals surface area contributed by atoms with Crippen LogP contribution in [0.4, 0.5) is 0 Å². The first-order valence-electron chi connectivity index (χ1n) is 10.8. The maximum atomic E-state index is 13.3. The van der Waals surface area contributed by atoms with E-state index in [1.807, 2.05) is 80.6 Å². The van der Waals surface area contributed by atoms with Crippen molar-refractivity contribution in [2.24, 2.45) is 0 Å². The third kappa shape index (κ3) is 6.10. The van der Waals surface area contributed by atoms with Crippen molar-refractivity contribution in [1.82, 2.24) is 10.2 Å². The summed E-state index contributed by atoms with van der Waals surface area (Å²) in [5, 5.41) is 4.97. The summed E-state index contributed by atoms with van der Waals surface area (Å²) in [5.74, 6) is 0.230. The van der Waals surface area contributed by atoms with Gasteiger partial charge in [0.15, 0.2) is 6.61 Å². The Morgan fingerprint density at radius 2 is 1.75 bits per heavy atom. The van der Waals surface area contributed by atoms with Crippen LogP contribution in [0.3, 0.4) is 0 Å². The Morgan fingerprint density at radius 3 is 2.50 bits per heavy atom. The minimum atomic E-state index is -0.633. The molecule has 2 amide bonds. The number of hydrogen-bond acceptors (Lipinski definition) is 3. The lowest BCUT2D eigenvalue weighted by atomic mass is 10.1. The van der Waals surface area contributed by atoms with E-state index in [0.717, 1.165) is 27.2 Å². The van der Waals surface area contributed by atoms with Crippen LogP contribution in [0.5, 0.6) is 5.75 Å². The van der Waals surface area contributed by atoms with Gasteiger partial charge in [0.25, 0.3) is 5.91 Å². The van der Waals surface area contributed by atoms with E-state index in [0.29, 0.717) is 12.3 Å². The number of amides is 2. The predicted molar refractivity (Wildman–Crippen MR) is 131 cm³/mol. The van der Waals surface area contributed by atoms with Gasteiger partial charge in [0.05, 0.1) is 0 Å². The van der Waals surface area contributed by atoms with Crippen molar-refractivity contribution in [2.45, 2.75) is 45.8 Å². The summed E-state index contributed by atoms with van der Waals surface area (Å²) < 4.78 is 6.85. The second-order valence-corrected chi connectivity index (χ2v) is 8.83. The average molecular weight is 497 g/mol. The van der Waals surface area contributed by atoms with E-state index in [4.69, 9.17) is 4.74 Å². The molecule has 2 atom stereocenters. The van der Waals surface area contributed by atoms with Gasteiger partial charge in [-0.25, -0.2) is 0 Å². The summed E-state index contributed by atoms with van der Waals surface area (Å²) in [5.41, 5.74) is 0.932. The molecule has 32 heavy (non-hydrogen) atoms. The number of nitrogens with zero attached hydrogens (tertiary/aromatic N) is 1. The van der Waals surface area contributed by atoms with Gasteiger partial charge in [-0.05, 0) is 49.4 Å². The van der Waals surface area contributed by atoms with Crippen LogP contribution in [0.15, 0.2) is 71.2 Å². The molecule has 6 heteroatoms. The van der Waals surface area contributed by atoms with Crippen molar-refractivity contribution in [2.75, 3.05) is 6.61 Å². The third-order valence-electron chi connectivity index (χ3n) is 5.51. The molecule has 0 unspecified atom stereocenters. The molecule has 0 saturated carbocycles. The largest absolute Gasteiger partial charge is 0.483 e. The van der Waals surface area contributed by atoms with Gasteiger partial charge in [0.2, 0.25) is 5.91 Å². The minimum Gasteiger partial charge on any atom is -0.483 e. The second-order valence-electron chi connectivity index (χ2n) is 7.91. The highest BCUT2D eigenvalue weighted by atomic mass is 79.9. The molecule has 3 rings (SSSR count). The Kier molecular flexibility index (Phi) is 8.28. The Bertz CT molecular complexity index is 1080. The van der Waals surface area contributed by atoms with E-state index in [1.54, 1.807) is 11.8 Å². The Hall–Kier alpha value is -2.86. The van der Waals surface area contributed by atoms with Crippen LogP contribution in [0.1, 0.15) is 32.8 Å². The molecule has 0 aliphatic carbocycles. The molecule has 1 N–H and O–H groups in total. The second kappa shape index (κ2) is 11.1. The van der Waals surface area contributed by atoms with Crippen molar-refractivity contribution >= 4 is 38.5 Å². The first-order valence-corrected chi connectivity index (χ1v) is 11.6. The van der Waals surface area contributed by atoms with Gasteiger partial charge in [0.1, 0.15) is 11.8 Å². The molecule has 3 aromatic rings. The van der Waals surface area contributed by atoms with Crippen LogP contribution in [-0.4, -0.2) is 35.4 Å². The zero-order chi connectivity index (χ0) is 23.1.